The van der Waals surface area contributed by atoms with E-state index in [0.717, 1.165) is 23.2 Å². The van der Waals surface area contributed by atoms with Crippen molar-refractivity contribution in [3.8, 4) is 0 Å². The zero-order chi connectivity index (χ0) is 18.5. The number of nitrogens with zero attached hydrogens (tertiary/aromatic N) is 1. The predicted octanol–water partition coefficient (Wildman–Crippen LogP) is 2.40. The number of rotatable bonds is 6. The highest BCUT2D eigenvalue weighted by Gasteiger charge is 2.33. The van der Waals surface area contributed by atoms with Crippen LogP contribution in [-0.4, -0.2) is 26.5 Å². The Labute approximate surface area is 155 Å². The minimum absolute atomic E-state index is 0.00276. The summed E-state index contributed by atoms with van der Waals surface area (Å²) in [5.41, 5.74) is 11.1. The van der Waals surface area contributed by atoms with Crippen molar-refractivity contribution in [3.63, 3.8) is 0 Å². The van der Waals surface area contributed by atoms with Gasteiger partial charge in [-0.15, -0.1) is 0 Å². The third-order valence-electron chi connectivity index (χ3n) is 4.99. The third kappa shape index (κ3) is 4.23. The molecule has 0 saturated carbocycles. The Kier molecular flexibility index (Phi) is 5.91. The minimum Gasteiger partial charge on any atom is -0.378 e. The fourth-order valence-corrected chi connectivity index (χ4v) is 3.25. The van der Waals surface area contributed by atoms with Gasteiger partial charge in [-0.3, -0.25) is 10.2 Å². The van der Waals surface area contributed by atoms with Crippen molar-refractivity contribution < 1.29 is 4.79 Å². The van der Waals surface area contributed by atoms with E-state index in [-0.39, 0.29) is 17.9 Å². The molecule has 0 aliphatic carbocycles. The molecule has 5 nitrogen and oxygen atoms in total. The molecular formula is C21H28N4O. The van der Waals surface area contributed by atoms with E-state index >= 15 is 0 Å². The molecule has 0 spiro atoms. The maximum atomic E-state index is 12.7. The van der Waals surface area contributed by atoms with Crippen LogP contribution in [-0.2, 0) is 17.8 Å². The molecule has 3 N–H and O–H groups in total. The molecule has 1 heterocycles. The predicted molar refractivity (Wildman–Crippen MR) is 106 cm³/mol. The normalized spacial score (nSPS) is 19.3. The Bertz CT molecular complexity index is 725. The molecule has 1 amide bonds. The maximum Gasteiger partial charge on any atom is 0.226 e. The van der Waals surface area contributed by atoms with Crippen LogP contribution in [0.1, 0.15) is 29.7 Å². The lowest BCUT2D eigenvalue weighted by Gasteiger charge is -2.19. The van der Waals surface area contributed by atoms with Crippen molar-refractivity contribution in [1.29, 1.82) is 0 Å². The van der Waals surface area contributed by atoms with Gasteiger partial charge in [0, 0.05) is 32.9 Å². The zero-order valence-corrected chi connectivity index (χ0v) is 15.8. The van der Waals surface area contributed by atoms with Gasteiger partial charge in [0.25, 0.3) is 0 Å². The number of benzene rings is 2. The first kappa shape index (κ1) is 18.4. The Morgan fingerprint density at radius 1 is 1.08 bits per heavy atom. The first-order chi connectivity index (χ1) is 12.6. The van der Waals surface area contributed by atoms with E-state index in [0.29, 0.717) is 13.1 Å². The number of carbonyl (C=O) groups is 1. The van der Waals surface area contributed by atoms with Crippen LogP contribution in [0.2, 0.25) is 0 Å². The summed E-state index contributed by atoms with van der Waals surface area (Å²) in [6.45, 7) is 3.32. The molecule has 0 radical (unpaired) electrons. The molecular weight excluding hydrogens is 324 g/mol. The van der Waals surface area contributed by atoms with Crippen molar-refractivity contribution in [2.24, 2.45) is 5.92 Å². The van der Waals surface area contributed by atoms with E-state index in [1.54, 1.807) is 0 Å². The monoisotopic (exact) mass is 352 g/mol. The third-order valence-corrected chi connectivity index (χ3v) is 4.99. The number of hydrazine groups is 1. The first-order valence-corrected chi connectivity index (χ1v) is 9.19. The molecule has 26 heavy (non-hydrogen) atoms. The van der Waals surface area contributed by atoms with Gasteiger partial charge in [0.2, 0.25) is 5.91 Å². The summed E-state index contributed by atoms with van der Waals surface area (Å²) < 4.78 is 0. The fourth-order valence-electron chi connectivity index (χ4n) is 3.25. The Morgan fingerprint density at radius 2 is 1.73 bits per heavy atom. The van der Waals surface area contributed by atoms with Gasteiger partial charge in [-0.25, -0.2) is 5.43 Å². The van der Waals surface area contributed by atoms with Crippen molar-refractivity contribution in [3.05, 3.63) is 65.2 Å². The highest BCUT2D eigenvalue weighted by molar-refractivity contribution is 5.80. The van der Waals surface area contributed by atoms with E-state index in [1.807, 2.05) is 14.1 Å². The fraction of sp³-hybridized carbons (Fsp3) is 0.381. The lowest BCUT2D eigenvalue weighted by atomic mass is 9.93. The highest BCUT2D eigenvalue weighted by atomic mass is 16.2. The van der Waals surface area contributed by atoms with Crippen LogP contribution >= 0.6 is 0 Å². The summed E-state index contributed by atoms with van der Waals surface area (Å²) in [6.07, 6.45) is 1.02. The molecule has 5 heteroatoms. The lowest BCUT2D eigenvalue weighted by Crippen LogP contribution is -2.34. The van der Waals surface area contributed by atoms with E-state index in [2.05, 4.69) is 76.5 Å². The Balaban J connectivity index is 1.60. The topological polar surface area (TPSA) is 56.4 Å². The van der Waals surface area contributed by atoms with Gasteiger partial charge in [0.05, 0.1) is 12.0 Å². The molecule has 2 aromatic rings. The second-order valence-electron chi connectivity index (χ2n) is 6.98. The second-order valence-corrected chi connectivity index (χ2v) is 6.98. The standard InChI is InChI=1S/C21H28N4O/c1-4-15-5-9-17(10-6-15)20-19(14-23-24-20)21(26)22-13-16-7-11-18(12-8-16)25(2)3/h5-12,19-20,23-24H,4,13-14H2,1-3H3,(H,22,26). The Morgan fingerprint density at radius 3 is 2.35 bits per heavy atom. The molecule has 3 rings (SSSR count). The molecule has 2 aromatic carbocycles. The average molecular weight is 352 g/mol. The van der Waals surface area contributed by atoms with Crippen LogP contribution in [0, 0.1) is 5.92 Å². The smallest absolute Gasteiger partial charge is 0.226 e. The number of amides is 1. The molecule has 0 aromatic heterocycles. The number of hydrogen-bond donors (Lipinski definition) is 3. The second kappa shape index (κ2) is 8.34. The maximum absolute atomic E-state index is 12.7. The minimum atomic E-state index is -0.122. The summed E-state index contributed by atoms with van der Waals surface area (Å²) in [6, 6.07) is 16.7. The van der Waals surface area contributed by atoms with Crippen molar-refractivity contribution >= 4 is 11.6 Å². The SMILES string of the molecule is CCc1ccc(C2NNCC2C(=O)NCc2ccc(N(C)C)cc2)cc1. The van der Waals surface area contributed by atoms with E-state index in [9.17, 15) is 4.79 Å². The van der Waals surface area contributed by atoms with E-state index in [4.69, 9.17) is 0 Å². The molecule has 0 bridgehead atoms. The van der Waals surface area contributed by atoms with Crippen LogP contribution in [0.3, 0.4) is 0 Å². The molecule has 138 valence electrons. The van der Waals surface area contributed by atoms with Gasteiger partial charge < -0.3 is 10.2 Å². The van der Waals surface area contributed by atoms with Crippen LogP contribution < -0.4 is 21.1 Å². The van der Waals surface area contributed by atoms with Crippen molar-refractivity contribution in [2.45, 2.75) is 25.9 Å². The number of aryl methyl sites for hydroxylation is 1. The summed E-state index contributed by atoms with van der Waals surface area (Å²) in [4.78, 5) is 14.8. The summed E-state index contributed by atoms with van der Waals surface area (Å²) in [7, 11) is 4.04. The van der Waals surface area contributed by atoms with Crippen molar-refractivity contribution in [2.75, 3.05) is 25.5 Å². The average Bonchev–Trinajstić information content (AvgIpc) is 3.16. The van der Waals surface area contributed by atoms with Crippen LogP contribution in [0.25, 0.3) is 0 Å². The molecule has 1 aliphatic heterocycles. The first-order valence-electron chi connectivity index (χ1n) is 9.19. The van der Waals surface area contributed by atoms with E-state index < -0.39 is 0 Å². The number of nitrogens with one attached hydrogen (secondary N) is 3. The van der Waals surface area contributed by atoms with Crippen LogP contribution in [0.4, 0.5) is 5.69 Å². The van der Waals surface area contributed by atoms with Gasteiger partial charge in [-0.2, -0.15) is 0 Å². The van der Waals surface area contributed by atoms with Crippen LogP contribution in [0.15, 0.2) is 48.5 Å². The summed E-state index contributed by atoms with van der Waals surface area (Å²) in [5.74, 6) is -0.0488. The molecule has 2 atom stereocenters. The molecule has 1 fully saturated rings. The van der Waals surface area contributed by atoms with Gasteiger partial charge in [0.15, 0.2) is 0 Å². The quantitative estimate of drug-likeness (QED) is 0.747. The van der Waals surface area contributed by atoms with Gasteiger partial charge in [-0.05, 0) is 35.2 Å². The van der Waals surface area contributed by atoms with E-state index in [1.165, 1.54) is 5.56 Å². The van der Waals surface area contributed by atoms with Gasteiger partial charge >= 0.3 is 0 Å². The van der Waals surface area contributed by atoms with Gasteiger partial charge in [-0.1, -0.05) is 43.3 Å². The molecule has 1 aliphatic rings. The van der Waals surface area contributed by atoms with Crippen molar-refractivity contribution in [1.82, 2.24) is 16.2 Å². The molecule has 1 saturated heterocycles. The zero-order valence-electron chi connectivity index (χ0n) is 15.8. The summed E-state index contributed by atoms with van der Waals surface area (Å²) in [5, 5.41) is 3.08. The Hall–Kier alpha value is -2.37. The summed E-state index contributed by atoms with van der Waals surface area (Å²) >= 11 is 0. The van der Waals surface area contributed by atoms with Gasteiger partial charge in [0.1, 0.15) is 0 Å². The number of carbonyl (C=O) groups excluding carboxylic acids is 1. The highest BCUT2D eigenvalue weighted by Crippen LogP contribution is 2.25. The lowest BCUT2D eigenvalue weighted by molar-refractivity contribution is -0.125. The largest absolute Gasteiger partial charge is 0.378 e. The number of anilines is 1. The number of hydrogen-bond acceptors (Lipinski definition) is 4. The van der Waals surface area contributed by atoms with Crippen LogP contribution in [0.5, 0.6) is 0 Å². The molecule has 2 unspecified atom stereocenters.